The molecule has 5 nitrogen and oxygen atoms in total. The van der Waals surface area contributed by atoms with Gasteiger partial charge in [0.1, 0.15) is 0 Å². The first-order chi connectivity index (χ1) is 10.9. The highest BCUT2D eigenvalue weighted by atomic mass is 32.3. The van der Waals surface area contributed by atoms with Crippen molar-refractivity contribution in [3.05, 3.63) is 0 Å². The molecular formula is C17H34O5S. The second-order valence-electron chi connectivity index (χ2n) is 6.90. The van der Waals surface area contributed by atoms with Crippen molar-refractivity contribution in [2.45, 2.75) is 103 Å². The number of hydrogen-bond acceptors (Lipinski definition) is 5. The number of unbranched alkanes of at least 4 members (excludes halogenated alkanes) is 8. The van der Waals surface area contributed by atoms with E-state index in [2.05, 4.69) is 22.2 Å². The Morgan fingerprint density at radius 1 is 0.870 bits per heavy atom. The molecule has 0 saturated carbocycles. The Bertz CT molecular complexity index is 395. The van der Waals surface area contributed by atoms with Crippen molar-refractivity contribution < 1.29 is 21.9 Å². The smallest absolute Gasteiger partial charge is 0.342 e. The standard InChI is InChI=1S/C17H34O5S/c1-3-4-5-7-10-13-16(2)14-11-8-6-9-12-15-17(18)21-23(19,20)22-17/h16,18H,3-15H2,1-2H3. The van der Waals surface area contributed by atoms with E-state index in [-0.39, 0.29) is 6.42 Å². The molecule has 1 heterocycles. The van der Waals surface area contributed by atoms with Crippen LogP contribution in [0.1, 0.15) is 97.3 Å². The molecule has 0 bridgehead atoms. The lowest BCUT2D eigenvalue weighted by atomic mass is 9.96. The summed E-state index contributed by atoms with van der Waals surface area (Å²) in [6.45, 7) is 4.60. The average molecular weight is 351 g/mol. The molecule has 1 aliphatic rings. The summed E-state index contributed by atoms with van der Waals surface area (Å²) in [7, 11) is -3.91. The largest absolute Gasteiger partial charge is 0.409 e. The van der Waals surface area contributed by atoms with E-state index in [0.29, 0.717) is 6.42 Å². The lowest BCUT2D eigenvalue weighted by Gasteiger charge is -2.33. The molecule has 1 N–H and O–H groups in total. The van der Waals surface area contributed by atoms with E-state index >= 15 is 0 Å². The normalized spacial score (nSPS) is 20.1. The molecule has 138 valence electrons. The highest BCUT2D eigenvalue weighted by Gasteiger charge is 2.50. The van der Waals surface area contributed by atoms with Crippen molar-refractivity contribution >= 4 is 10.4 Å². The van der Waals surface area contributed by atoms with Gasteiger partial charge in [-0.05, 0) is 12.3 Å². The predicted molar refractivity (Wildman–Crippen MR) is 90.9 cm³/mol. The average Bonchev–Trinajstić information content (AvgIpc) is 2.43. The maximum atomic E-state index is 10.7. The summed E-state index contributed by atoms with van der Waals surface area (Å²) in [4.78, 5) is 0. The minimum atomic E-state index is -3.91. The zero-order valence-corrected chi connectivity index (χ0v) is 15.6. The fourth-order valence-corrected chi connectivity index (χ4v) is 3.84. The van der Waals surface area contributed by atoms with Gasteiger partial charge in [-0.15, -0.1) is 0 Å². The lowest BCUT2D eigenvalue weighted by Crippen LogP contribution is -2.50. The Kier molecular flexibility index (Phi) is 9.66. The molecule has 0 aromatic rings. The minimum Gasteiger partial charge on any atom is -0.342 e. The van der Waals surface area contributed by atoms with E-state index in [1.807, 2.05) is 0 Å². The zero-order chi connectivity index (χ0) is 17.2. The van der Waals surface area contributed by atoms with Crippen LogP contribution in [0, 0.1) is 5.92 Å². The summed E-state index contributed by atoms with van der Waals surface area (Å²) in [5.74, 6) is -1.08. The molecule has 0 aliphatic carbocycles. The molecule has 1 atom stereocenters. The molecule has 1 fully saturated rings. The van der Waals surface area contributed by atoms with Crippen LogP contribution < -0.4 is 0 Å². The Morgan fingerprint density at radius 2 is 1.35 bits per heavy atom. The Balaban J connectivity index is 1.86. The van der Waals surface area contributed by atoms with E-state index in [1.54, 1.807) is 0 Å². The monoisotopic (exact) mass is 350 g/mol. The third kappa shape index (κ3) is 9.65. The summed E-state index contributed by atoms with van der Waals surface area (Å²) in [6.07, 6.45) is 14.9. The quantitative estimate of drug-likeness (QED) is 0.462. The summed E-state index contributed by atoms with van der Waals surface area (Å²) in [6, 6.07) is 0. The van der Waals surface area contributed by atoms with Gasteiger partial charge in [-0.2, -0.15) is 16.8 Å². The molecule has 0 aromatic heterocycles. The fourth-order valence-electron chi connectivity index (χ4n) is 3.02. The topological polar surface area (TPSA) is 72.8 Å². The van der Waals surface area contributed by atoms with Crippen LogP contribution in [-0.2, 0) is 18.8 Å². The van der Waals surface area contributed by atoms with Crippen LogP contribution in [0.15, 0.2) is 0 Å². The zero-order valence-electron chi connectivity index (χ0n) is 14.8. The molecule has 1 rings (SSSR count). The second-order valence-corrected chi connectivity index (χ2v) is 8.05. The Hall–Kier alpha value is -0.170. The highest BCUT2D eigenvalue weighted by molar-refractivity contribution is 7.82. The highest BCUT2D eigenvalue weighted by Crippen LogP contribution is 2.32. The molecule has 1 saturated heterocycles. The Morgan fingerprint density at radius 3 is 1.87 bits per heavy atom. The van der Waals surface area contributed by atoms with Crippen LogP contribution in [0.5, 0.6) is 0 Å². The SMILES string of the molecule is CCCCCCCC(C)CCCCCCCC1(O)OS(=O)(=O)O1. The van der Waals surface area contributed by atoms with Gasteiger partial charge in [0.25, 0.3) is 0 Å². The predicted octanol–water partition coefficient (Wildman–Crippen LogP) is 4.65. The van der Waals surface area contributed by atoms with Gasteiger partial charge in [-0.3, -0.25) is 0 Å². The van der Waals surface area contributed by atoms with Crippen LogP contribution >= 0.6 is 0 Å². The van der Waals surface area contributed by atoms with Gasteiger partial charge in [0.05, 0.1) is 0 Å². The van der Waals surface area contributed by atoms with Crippen molar-refractivity contribution in [2.75, 3.05) is 0 Å². The van der Waals surface area contributed by atoms with Gasteiger partial charge in [0, 0.05) is 6.42 Å². The van der Waals surface area contributed by atoms with E-state index < -0.39 is 16.4 Å². The lowest BCUT2D eigenvalue weighted by molar-refractivity contribution is -0.329. The van der Waals surface area contributed by atoms with Crippen molar-refractivity contribution in [1.82, 2.24) is 0 Å². The van der Waals surface area contributed by atoms with Crippen molar-refractivity contribution in [3.8, 4) is 0 Å². The fraction of sp³-hybridized carbons (Fsp3) is 1.00. The molecule has 0 radical (unpaired) electrons. The molecular weight excluding hydrogens is 316 g/mol. The van der Waals surface area contributed by atoms with Crippen molar-refractivity contribution in [3.63, 3.8) is 0 Å². The van der Waals surface area contributed by atoms with Gasteiger partial charge in [0.2, 0.25) is 0 Å². The van der Waals surface area contributed by atoms with Gasteiger partial charge in [-0.25, -0.2) is 0 Å². The van der Waals surface area contributed by atoms with E-state index in [4.69, 9.17) is 0 Å². The van der Waals surface area contributed by atoms with E-state index in [0.717, 1.165) is 18.8 Å². The molecule has 1 unspecified atom stereocenters. The van der Waals surface area contributed by atoms with Gasteiger partial charge in [-0.1, -0.05) is 84.5 Å². The van der Waals surface area contributed by atoms with Crippen LogP contribution in [-0.4, -0.2) is 19.5 Å². The first kappa shape index (κ1) is 20.9. The van der Waals surface area contributed by atoms with Crippen LogP contribution in [0.3, 0.4) is 0 Å². The molecule has 0 aromatic carbocycles. The maximum Gasteiger partial charge on any atom is 0.409 e. The van der Waals surface area contributed by atoms with Crippen molar-refractivity contribution in [1.29, 1.82) is 0 Å². The van der Waals surface area contributed by atoms with E-state index in [9.17, 15) is 13.5 Å². The number of rotatable bonds is 14. The first-order valence-corrected chi connectivity index (χ1v) is 10.6. The number of aliphatic hydroxyl groups is 1. The molecule has 23 heavy (non-hydrogen) atoms. The summed E-state index contributed by atoms with van der Waals surface area (Å²) >= 11 is 0. The second kappa shape index (κ2) is 10.6. The van der Waals surface area contributed by atoms with Gasteiger partial charge >= 0.3 is 16.4 Å². The molecule has 0 spiro atoms. The third-order valence-electron chi connectivity index (χ3n) is 4.45. The third-order valence-corrected chi connectivity index (χ3v) is 5.38. The number of hydrogen-bond donors (Lipinski definition) is 1. The molecule has 1 aliphatic heterocycles. The van der Waals surface area contributed by atoms with Crippen LogP contribution in [0.2, 0.25) is 0 Å². The van der Waals surface area contributed by atoms with Crippen LogP contribution in [0.4, 0.5) is 0 Å². The Labute approximate surface area is 142 Å². The van der Waals surface area contributed by atoms with E-state index in [1.165, 1.54) is 57.8 Å². The van der Waals surface area contributed by atoms with Crippen LogP contribution in [0.25, 0.3) is 0 Å². The molecule has 0 amide bonds. The van der Waals surface area contributed by atoms with Gasteiger partial charge < -0.3 is 5.11 Å². The summed E-state index contributed by atoms with van der Waals surface area (Å²) < 4.78 is 30.0. The summed E-state index contributed by atoms with van der Waals surface area (Å²) in [5.41, 5.74) is 0. The maximum absolute atomic E-state index is 10.7. The molecule has 6 heteroatoms. The summed E-state index contributed by atoms with van der Waals surface area (Å²) in [5, 5.41) is 9.53. The first-order valence-electron chi connectivity index (χ1n) is 9.25. The van der Waals surface area contributed by atoms with Crippen molar-refractivity contribution in [2.24, 2.45) is 5.92 Å². The van der Waals surface area contributed by atoms with Gasteiger partial charge in [0.15, 0.2) is 0 Å². The minimum absolute atomic E-state index is 0.209.